The van der Waals surface area contributed by atoms with Crippen LogP contribution in [0.1, 0.15) is 24.1 Å². The molecule has 3 rings (SSSR count). The molecule has 3 heterocycles. The highest BCUT2D eigenvalue weighted by atomic mass is 79.9. The second-order valence-corrected chi connectivity index (χ2v) is 6.97. The smallest absolute Gasteiger partial charge is 0.0339 e. The van der Waals surface area contributed by atoms with Gasteiger partial charge in [-0.3, -0.25) is 9.80 Å². The van der Waals surface area contributed by atoms with Gasteiger partial charge in [-0.05, 0) is 66.3 Å². The van der Waals surface area contributed by atoms with Crippen LogP contribution >= 0.6 is 27.3 Å². The Labute approximate surface area is 116 Å². The van der Waals surface area contributed by atoms with Gasteiger partial charge in [0.1, 0.15) is 0 Å². The molecule has 0 radical (unpaired) electrons. The third kappa shape index (κ3) is 2.75. The molecule has 17 heavy (non-hydrogen) atoms. The molecule has 1 aromatic rings. The predicted molar refractivity (Wildman–Crippen MR) is 76.5 cm³/mol. The van der Waals surface area contributed by atoms with Gasteiger partial charge < -0.3 is 0 Å². The molecule has 0 aliphatic carbocycles. The van der Waals surface area contributed by atoms with Gasteiger partial charge >= 0.3 is 0 Å². The maximum Gasteiger partial charge on any atom is 0.0339 e. The van der Waals surface area contributed by atoms with Gasteiger partial charge in [-0.15, -0.1) is 11.3 Å². The molecular formula is C13H19BrN2S. The maximum absolute atomic E-state index is 3.64. The Bertz CT molecular complexity index is 379. The van der Waals surface area contributed by atoms with Gasteiger partial charge in [0.2, 0.25) is 0 Å². The summed E-state index contributed by atoms with van der Waals surface area (Å²) < 4.78 is 1.29. The minimum Gasteiger partial charge on any atom is -0.299 e. The number of hydrogen-bond donors (Lipinski definition) is 0. The van der Waals surface area contributed by atoms with Crippen molar-refractivity contribution in [2.75, 3.05) is 26.2 Å². The van der Waals surface area contributed by atoms with E-state index < -0.39 is 0 Å². The predicted octanol–water partition coefficient (Wildman–Crippen LogP) is 3.18. The number of hydrogen-bond acceptors (Lipinski definition) is 3. The summed E-state index contributed by atoms with van der Waals surface area (Å²) >= 11 is 5.52. The lowest BCUT2D eigenvalue weighted by Gasteiger charge is -2.25. The average Bonchev–Trinajstić information content (AvgIpc) is 2.86. The summed E-state index contributed by atoms with van der Waals surface area (Å²) in [6.07, 6.45) is 4.14. The summed E-state index contributed by atoms with van der Waals surface area (Å²) in [5.74, 6) is 0. The zero-order valence-corrected chi connectivity index (χ0v) is 12.5. The van der Waals surface area contributed by atoms with Crippen molar-refractivity contribution >= 4 is 27.3 Å². The van der Waals surface area contributed by atoms with Gasteiger partial charge in [-0.1, -0.05) is 0 Å². The van der Waals surface area contributed by atoms with Crippen molar-refractivity contribution in [3.8, 4) is 0 Å². The Morgan fingerprint density at radius 3 is 3.00 bits per heavy atom. The molecule has 0 spiro atoms. The van der Waals surface area contributed by atoms with Gasteiger partial charge in [-0.25, -0.2) is 0 Å². The van der Waals surface area contributed by atoms with E-state index in [1.807, 2.05) is 11.3 Å². The van der Waals surface area contributed by atoms with Gasteiger partial charge in [0.05, 0.1) is 0 Å². The van der Waals surface area contributed by atoms with E-state index in [1.165, 1.54) is 54.8 Å². The van der Waals surface area contributed by atoms with E-state index in [0.29, 0.717) is 0 Å². The summed E-state index contributed by atoms with van der Waals surface area (Å²) in [6, 6.07) is 3.00. The highest BCUT2D eigenvalue weighted by Crippen LogP contribution is 2.27. The zero-order chi connectivity index (χ0) is 11.7. The molecule has 0 amide bonds. The Morgan fingerprint density at radius 2 is 2.18 bits per heavy atom. The number of thiophene rings is 1. The largest absolute Gasteiger partial charge is 0.299 e. The first-order valence-electron chi connectivity index (χ1n) is 6.51. The highest BCUT2D eigenvalue weighted by Gasteiger charge is 2.28. The lowest BCUT2D eigenvalue weighted by atomic mass is 10.2. The second-order valence-electron chi connectivity index (χ2n) is 5.11. The molecule has 1 atom stereocenters. The van der Waals surface area contributed by atoms with Gasteiger partial charge in [0.25, 0.3) is 0 Å². The van der Waals surface area contributed by atoms with Crippen molar-refractivity contribution in [2.24, 2.45) is 0 Å². The monoisotopic (exact) mass is 314 g/mol. The second kappa shape index (κ2) is 5.39. The minimum atomic E-state index is 0.830. The Kier molecular flexibility index (Phi) is 3.85. The molecule has 2 saturated heterocycles. The normalized spacial score (nSPS) is 27.0. The number of rotatable bonds is 2. The first kappa shape index (κ1) is 12.2. The van der Waals surface area contributed by atoms with E-state index in [0.717, 1.165) is 12.6 Å². The molecule has 94 valence electrons. The maximum atomic E-state index is 3.64. The van der Waals surface area contributed by atoms with E-state index in [2.05, 4.69) is 37.2 Å². The van der Waals surface area contributed by atoms with Crippen molar-refractivity contribution in [3.63, 3.8) is 0 Å². The SMILES string of the molecule is Brc1ccsc1CN1CCCN2CCCC2C1. The Hall–Kier alpha value is 0.1000. The number of fused-ring (bicyclic) bond motifs is 1. The highest BCUT2D eigenvalue weighted by molar-refractivity contribution is 9.10. The van der Waals surface area contributed by atoms with Crippen LogP contribution in [0.15, 0.2) is 15.9 Å². The summed E-state index contributed by atoms with van der Waals surface area (Å²) in [6.45, 7) is 6.30. The molecule has 4 heteroatoms. The molecule has 2 aliphatic rings. The first-order chi connectivity index (χ1) is 8.33. The third-order valence-electron chi connectivity index (χ3n) is 3.95. The van der Waals surface area contributed by atoms with Gasteiger partial charge in [-0.2, -0.15) is 0 Å². The van der Waals surface area contributed by atoms with Crippen LogP contribution < -0.4 is 0 Å². The summed E-state index contributed by atoms with van der Waals surface area (Å²) in [7, 11) is 0. The fourth-order valence-electron chi connectivity index (χ4n) is 3.07. The fourth-order valence-corrected chi connectivity index (χ4v) is 4.59. The van der Waals surface area contributed by atoms with Crippen LogP contribution in [0.5, 0.6) is 0 Å². The lowest BCUT2D eigenvalue weighted by molar-refractivity contribution is 0.216. The minimum absolute atomic E-state index is 0.830. The van der Waals surface area contributed by atoms with Gasteiger partial charge in [0, 0.05) is 28.5 Å². The van der Waals surface area contributed by atoms with E-state index in [1.54, 1.807) is 0 Å². The van der Waals surface area contributed by atoms with E-state index in [9.17, 15) is 0 Å². The van der Waals surface area contributed by atoms with Crippen molar-refractivity contribution in [1.82, 2.24) is 9.80 Å². The van der Waals surface area contributed by atoms with E-state index >= 15 is 0 Å². The molecule has 0 bridgehead atoms. The number of halogens is 1. The van der Waals surface area contributed by atoms with Crippen molar-refractivity contribution in [3.05, 3.63) is 20.8 Å². The molecular weight excluding hydrogens is 296 g/mol. The lowest BCUT2D eigenvalue weighted by Crippen LogP contribution is -2.36. The van der Waals surface area contributed by atoms with Crippen LogP contribution in [0.3, 0.4) is 0 Å². The van der Waals surface area contributed by atoms with Crippen molar-refractivity contribution in [2.45, 2.75) is 31.8 Å². The Morgan fingerprint density at radius 1 is 1.29 bits per heavy atom. The molecule has 2 fully saturated rings. The molecule has 2 nitrogen and oxygen atoms in total. The molecule has 2 aliphatic heterocycles. The summed E-state index contributed by atoms with van der Waals surface area (Å²) in [4.78, 5) is 6.83. The van der Waals surface area contributed by atoms with E-state index in [-0.39, 0.29) is 0 Å². The van der Waals surface area contributed by atoms with Crippen LogP contribution in [0, 0.1) is 0 Å². The molecule has 0 N–H and O–H groups in total. The quantitative estimate of drug-likeness (QED) is 0.827. The van der Waals surface area contributed by atoms with Crippen LogP contribution in [-0.4, -0.2) is 42.0 Å². The molecule has 0 aromatic carbocycles. The summed E-state index contributed by atoms with van der Waals surface area (Å²) in [5, 5.41) is 2.18. The Balaban J connectivity index is 1.65. The molecule has 1 unspecified atom stereocenters. The van der Waals surface area contributed by atoms with Gasteiger partial charge in [0.15, 0.2) is 0 Å². The van der Waals surface area contributed by atoms with Crippen molar-refractivity contribution in [1.29, 1.82) is 0 Å². The molecule has 0 saturated carbocycles. The third-order valence-corrected chi connectivity index (χ3v) is 5.86. The van der Waals surface area contributed by atoms with E-state index in [4.69, 9.17) is 0 Å². The van der Waals surface area contributed by atoms with Crippen LogP contribution in [-0.2, 0) is 6.54 Å². The molecule has 1 aromatic heterocycles. The van der Waals surface area contributed by atoms with Crippen LogP contribution in [0.2, 0.25) is 0 Å². The zero-order valence-electron chi connectivity index (χ0n) is 10.1. The van der Waals surface area contributed by atoms with Crippen LogP contribution in [0.25, 0.3) is 0 Å². The van der Waals surface area contributed by atoms with Crippen molar-refractivity contribution < 1.29 is 0 Å². The topological polar surface area (TPSA) is 6.48 Å². The average molecular weight is 315 g/mol. The summed E-state index contributed by atoms with van der Waals surface area (Å²) in [5.41, 5.74) is 0. The number of nitrogens with zero attached hydrogens (tertiary/aromatic N) is 2. The first-order valence-corrected chi connectivity index (χ1v) is 8.18. The fraction of sp³-hybridized carbons (Fsp3) is 0.692. The van der Waals surface area contributed by atoms with Crippen LogP contribution in [0.4, 0.5) is 0 Å². The standard InChI is InChI=1S/C13H19BrN2S/c14-12-4-8-17-13(12)10-15-5-2-7-16-6-1-3-11(16)9-15/h4,8,11H,1-3,5-7,9-10H2.